The summed E-state index contributed by atoms with van der Waals surface area (Å²) >= 11 is 0. The van der Waals surface area contributed by atoms with Crippen molar-refractivity contribution in [3.05, 3.63) is 11.5 Å². The SMILES string of the molecule is COC1NC2=C(N1)C(O)NC(O)N2. The summed E-state index contributed by atoms with van der Waals surface area (Å²) in [6.45, 7) is 0. The maximum Gasteiger partial charge on any atom is 0.206 e. The van der Waals surface area contributed by atoms with E-state index < -0.39 is 12.6 Å². The van der Waals surface area contributed by atoms with E-state index in [0.29, 0.717) is 11.5 Å². The maximum absolute atomic E-state index is 9.44. The second-order valence-corrected chi connectivity index (χ2v) is 2.81. The molecule has 0 aliphatic carbocycles. The number of rotatable bonds is 1. The van der Waals surface area contributed by atoms with Crippen molar-refractivity contribution in [1.29, 1.82) is 0 Å². The van der Waals surface area contributed by atoms with Gasteiger partial charge in [0.15, 0.2) is 12.6 Å². The van der Waals surface area contributed by atoms with Gasteiger partial charge in [-0.05, 0) is 0 Å². The van der Waals surface area contributed by atoms with E-state index in [9.17, 15) is 5.11 Å². The molecule has 0 aromatic carbocycles. The quantitative estimate of drug-likeness (QED) is 0.262. The Morgan fingerprint density at radius 3 is 2.69 bits per heavy atom. The zero-order chi connectivity index (χ0) is 9.42. The fourth-order valence-electron chi connectivity index (χ4n) is 1.32. The molecule has 0 aromatic rings. The van der Waals surface area contributed by atoms with E-state index in [1.807, 2.05) is 0 Å². The van der Waals surface area contributed by atoms with Crippen LogP contribution in [0.4, 0.5) is 0 Å². The Morgan fingerprint density at radius 1 is 1.23 bits per heavy atom. The molecule has 0 saturated carbocycles. The lowest BCUT2D eigenvalue weighted by atomic mass is 10.3. The Hall–Kier alpha value is -1.02. The summed E-state index contributed by atoms with van der Waals surface area (Å²) in [6, 6.07) is 0. The third kappa shape index (κ3) is 1.42. The molecule has 0 fully saturated rings. The number of nitrogens with one attached hydrogen (secondary N) is 4. The summed E-state index contributed by atoms with van der Waals surface area (Å²) in [5.41, 5.74) is 0.539. The van der Waals surface area contributed by atoms with Crippen LogP contribution < -0.4 is 21.3 Å². The van der Waals surface area contributed by atoms with Crippen LogP contribution in [0.25, 0.3) is 0 Å². The van der Waals surface area contributed by atoms with Crippen LogP contribution in [0.5, 0.6) is 0 Å². The normalized spacial score (nSPS) is 37.6. The van der Waals surface area contributed by atoms with Gasteiger partial charge in [0.05, 0.1) is 5.70 Å². The summed E-state index contributed by atoms with van der Waals surface area (Å²) < 4.78 is 4.96. The summed E-state index contributed by atoms with van der Waals surface area (Å²) in [6.07, 6.45) is -2.25. The van der Waals surface area contributed by atoms with Crippen molar-refractivity contribution in [3.63, 3.8) is 0 Å². The summed E-state index contributed by atoms with van der Waals surface area (Å²) in [7, 11) is 1.53. The highest BCUT2D eigenvalue weighted by atomic mass is 16.5. The smallest absolute Gasteiger partial charge is 0.206 e. The predicted octanol–water partition coefficient (Wildman–Crippen LogP) is -2.93. The van der Waals surface area contributed by atoms with E-state index >= 15 is 0 Å². The van der Waals surface area contributed by atoms with Gasteiger partial charge in [0.2, 0.25) is 6.35 Å². The minimum absolute atomic E-state index is 0.376. The molecule has 7 heteroatoms. The molecule has 0 radical (unpaired) electrons. The third-order valence-corrected chi connectivity index (χ3v) is 1.94. The van der Waals surface area contributed by atoms with Crippen molar-refractivity contribution >= 4 is 0 Å². The molecule has 0 aromatic heterocycles. The second-order valence-electron chi connectivity index (χ2n) is 2.81. The molecule has 0 saturated heterocycles. The van der Waals surface area contributed by atoms with E-state index in [-0.39, 0.29) is 6.35 Å². The van der Waals surface area contributed by atoms with Gasteiger partial charge in [-0.1, -0.05) is 0 Å². The van der Waals surface area contributed by atoms with Crippen LogP contribution in [0.3, 0.4) is 0 Å². The van der Waals surface area contributed by atoms with Crippen LogP contribution in [0.2, 0.25) is 0 Å². The molecule has 2 aliphatic rings. The molecular weight excluding hydrogens is 176 g/mol. The Bertz CT molecular complexity index is 244. The lowest BCUT2D eigenvalue weighted by Crippen LogP contribution is -2.54. The molecule has 13 heavy (non-hydrogen) atoms. The number of aliphatic hydroxyl groups excluding tert-OH is 2. The Balaban J connectivity index is 2.12. The fourth-order valence-corrected chi connectivity index (χ4v) is 1.32. The van der Waals surface area contributed by atoms with Crippen molar-refractivity contribution in [3.8, 4) is 0 Å². The highest BCUT2D eigenvalue weighted by Crippen LogP contribution is 2.12. The Labute approximate surface area is 74.8 Å². The first kappa shape index (κ1) is 8.57. The second kappa shape index (κ2) is 3.04. The van der Waals surface area contributed by atoms with Crippen molar-refractivity contribution in [1.82, 2.24) is 21.3 Å². The topological polar surface area (TPSA) is 97.8 Å². The summed E-state index contributed by atoms with van der Waals surface area (Å²) in [4.78, 5) is 0. The average Bonchev–Trinajstić information content (AvgIpc) is 2.47. The highest BCUT2D eigenvalue weighted by molar-refractivity contribution is 5.21. The molecule has 0 spiro atoms. The largest absolute Gasteiger partial charge is 0.372 e. The van der Waals surface area contributed by atoms with Crippen LogP contribution in [-0.2, 0) is 4.74 Å². The molecule has 7 nitrogen and oxygen atoms in total. The molecule has 3 unspecified atom stereocenters. The van der Waals surface area contributed by atoms with Crippen LogP contribution >= 0.6 is 0 Å². The van der Waals surface area contributed by atoms with Crippen LogP contribution in [-0.4, -0.2) is 36.3 Å². The number of ether oxygens (including phenoxy) is 1. The lowest BCUT2D eigenvalue weighted by molar-refractivity contribution is 0.0293. The maximum atomic E-state index is 9.44. The Kier molecular flexibility index (Phi) is 2.00. The van der Waals surface area contributed by atoms with E-state index in [4.69, 9.17) is 9.84 Å². The first-order chi connectivity index (χ1) is 6.20. The summed E-state index contributed by atoms with van der Waals surface area (Å²) in [5, 5.41) is 29.5. The number of methoxy groups -OCH3 is 1. The van der Waals surface area contributed by atoms with Gasteiger partial charge in [-0.25, -0.2) is 5.32 Å². The monoisotopic (exact) mass is 188 g/mol. The zero-order valence-electron chi connectivity index (χ0n) is 7.03. The van der Waals surface area contributed by atoms with Crippen molar-refractivity contribution < 1.29 is 14.9 Å². The van der Waals surface area contributed by atoms with Gasteiger partial charge >= 0.3 is 0 Å². The minimum Gasteiger partial charge on any atom is -0.372 e. The molecular formula is C6H12N4O3. The first-order valence-electron chi connectivity index (χ1n) is 3.89. The third-order valence-electron chi connectivity index (χ3n) is 1.94. The lowest BCUT2D eigenvalue weighted by Gasteiger charge is -2.26. The van der Waals surface area contributed by atoms with Crippen molar-refractivity contribution in [2.75, 3.05) is 7.11 Å². The number of aliphatic hydroxyl groups is 2. The van der Waals surface area contributed by atoms with Gasteiger partial charge in [-0.2, -0.15) is 0 Å². The van der Waals surface area contributed by atoms with E-state index in [1.54, 1.807) is 0 Å². The average molecular weight is 188 g/mol. The first-order valence-corrected chi connectivity index (χ1v) is 3.89. The molecule has 74 valence electrons. The van der Waals surface area contributed by atoms with Gasteiger partial charge < -0.3 is 30.9 Å². The minimum atomic E-state index is -0.960. The van der Waals surface area contributed by atoms with E-state index in [1.165, 1.54) is 7.11 Å². The number of hydrogen-bond donors (Lipinski definition) is 6. The van der Waals surface area contributed by atoms with Gasteiger partial charge in [-0.15, -0.1) is 0 Å². The predicted molar refractivity (Wildman–Crippen MR) is 42.4 cm³/mol. The van der Waals surface area contributed by atoms with Gasteiger partial charge in [0.25, 0.3) is 0 Å². The molecule has 6 N–H and O–H groups in total. The van der Waals surface area contributed by atoms with Crippen molar-refractivity contribution in [2.45, 2.75) is 18.9 Å². The molecule has 2 heterocycles. The van der Waals surface area contributed by atoms with Gasteiger partial charge in [0.1, 0.15) is 5.82 Å². The molecule has 0 bridgehead atoms. The standard InChI is InChI=1S/C6H12N4O3/c1-13-6-7-2-3(9-6)8-5(12)10-4(2)11/h4-12H,1H3. The van der Waals surface area contributed by atoms with Crippen LogP contribution in [0.1, 0.15) is 0 Å². The van der Waals surface area contributed by atoms with Crippen LogP contribution in [0, 0.1) is 0 Å². The molecule has 3 atom stereocenters. The Morgan fingerprint density at radius 2 is 2.00 bits per heavy atom. The molecule has 2 aliphatic heterocycles. The molecule has 2 rings (SSSR count). The molecule has 0 amide bonds. The van der Waals surface area contributed by atoms with E-state index in [2.05, 4.69) is 21.3 Å². The van der Waals surface area contributed by atoms with E-state index in [0.717, 1.165) is 0 Å². The summed E-state index contributed by atoms with van der Waals surface area (Å²) in [5.74, 6) is 0.547. The number of hydrogen-bond acceptors (Lipinski definition) is 7. The van der Waals surface area contributed by atoms with Gasteiger partial charge in [-0.3, -0.25) is 0 Å². The fraction of sp³-hybridized carbons (Fsp3) is 0.667. The zero-order valence-corrected chi connectivity index (χ0v) is 7.03. The highest BCUT2D eigenvalue weighted by Gasteiger charge is 2.32. The van der Waals surface area contributed by atoms with Crippen molar-refractivity contribution in [2.24, 2.45) is 0 Å². The van der Waals surface area contributed by atoms with Gasteiger partial charge in [0, 0.05) is 7.11 Å². The van der Waals surface area contributed by atoms with Crippen LogP contribution in [0.15, 0.2) is 11.5 Å².